The minimum absolute atomic E-state index is 0.411. The summed E-state index contributed by atoms with van der Waals surface area (Å²) in [5.74, 6) is 0.686. The predicted octanol–water partition coefficient (Wildman–Crippen LogP) is 4.22. The number of rotatable bonds is 6. The van der Waals surface area contributed by atoms with Crippen molar-refractivity contribution in [2.24, 2.45) is 0 Å². The van der Waals surface area contributed by atoms with Crippen molar-refractivity contribution < 1.29 is 4.74 Å². The molecular formula is C16H16Cl2N2O. The van der Waals surface area contributed by atoms with Crippen molar-refractivity contribution in [2.45, 2.75) is 32.0 Å². The Morgan fingerprint density at radius 3 is 2.67 bits per heavy atom. The van der Waals surface area contributed by atoms with Crippen LogP contribution < -0.4 is 10.1 Å². The summed E-state index contributed by atoms with van der Waals surface area (Å²) < 4.78 is 5.65. The summed E-state index contributed by atoms with van der Waals surface area (Å²) in [6.07, 6.45) is 4.48. The summed E-state index contributed by atoms with van der Waals surface area (Å²) in [4.78, 5) is 4.41. The summed E-state index contributed by atoms with van der Waals surface area (Å²) in [7, 11) is 0. The highest BCUT2D eigenvalue weighted by atomic mass is 35.5. The average molecular weight is 323 g/mol. The first kappa shape index (κ1) is 14.6. The third kappa shape index (κ3) is 4.34. The molecule has 3 nitrogen and oxygen atoms in total. The van der Waals surface area contributed by atoms with Gasteiger partial charge in [-0.25, -0.2) is 0 Å². The molecule has 0 saturated heterocycles. The molecular weight excluding hydrogens is 307 g/mol. The zero-order valence-electron chi connectivity index (χ0n) is 11.5. The molecule has 1 aliphatic rings. The molecule has 5 heteroatoms. The maximum absolute atomic E-state index is 5.95. The van der Waals surface area contributed by atoms with Crippen LogP contribution in [0.4, 0.5) is 0 Å². The highest BCUT2D eigenvalue weighted by Crippen LogP contribution is 2.26. The van der Waals surface area contributed by atoms with Gasteiger partial charge in [0.15, 0.2) is 0 Å². The lowest BCUT2D eigenvalue weighted by Gasteiger charge is -2.08. The van der Waals surface area contributed by atoms with Gasteiger partial charge in [-0.05, 0) is 36.6 Å². The van der Waals surface area contributed by atoms with Crippen LogP contribution in [0.3, 0.4) is 0 Å². The molecule has 0 amide bonds. The number of nitrogens with one attached hydrogen (secondary N) is 1. The van der Waals surface area contributed by atoms with Gasteiger partial charge in [0.2, 0.25) is 0 Å². The summed E-state index contributed by atoms with van der Waals surface area (Å²) in [5.41, 5.74) is 2.08. The summed E-state index contributed by atoms with van der Waals surface area (Å²) in [5, 5.41) is 4.48. The zero-order chi connectivity index (χ0) is 14.7. The molecule has 1 fully saturated rings. The normalized spacial score (nSPS) is 14.2. The van der Waals surface area contributed by atoms with Gasteiger partial charge in [0, 0.05) is 24.8 Å². The van der Waals surface area contributed by atoms with Gasteiger partial charge in [0.1, 0.15) is 12.4 Å². The smallest absolute Gasteiger partial charge is 0.130 e. The third-order valence-electron chi connectivity index (χ3n) is 3.34. The van der Waals surface area contributed by atoms with Crippen LogP contribution in [-0.4, -0.2) is 11.0 Å². The highest BCUT2D eigenvalue weighted by Gasteiger charge is 2.19. The average Bonchev–Trinajstić information content (AvgIpc) is 3.32. The van der Waals surface area contributed by atoms with Crippen LogP contribution in [-0.2, 0) is 13.2 Å². The molecule has 1 aromatic heterocycles. The SMILES string of the molecule is Clc1ccc(OCc2ccc(CNC3CC3)cn2)cc1Cl. The van der Waals surface area contributed by atoms with Crippen molar-refractivity contribution >= 4 is 23.2 Å². The Kier molecular flexibility index (Phi) is 4.63. The Balaban J connectivity index is 1.53. The van der Waals surface area contributed by atoms with E-state index in [1.165, 1.54) is 18.4 Å². The van der Waals surface area contributed by atoms with E-state index in [4.69, 9.17) is 27.9 Å². The number of hydrogen-bond acceptors (Lipinski definition) is 3. The van der Waals surface area contributed by atoms with Crippen LogP contribution in [0.5, 0.6) is 5.75 Å². The molecule has 0 unspecified atom stereocenters. The van der Waals surface area contributed by atoms with Gasteiger partial charge in [0.25, 0.3) is 0 Å². The Morgan fingerprint density at radius 1 is 1.14 bits per heavy atom. The number of pyridine rings is 1. The van der Waals surface area contributed by atoms with E-state index < -0.39 is 0 Å². The molecule has 1 heterocycles. The van der Waals surface area contributed by atoms with E-state index in [2.05, 4.69) is 16.4 Å². The maximum Gasteiger partial charge on any atom is 0.130 e. The number of benzene rings is 1. The molecule has 1 saturated carbocycles. The Hall–Kier alpha value is -1.29. The van der Waals surface area contributed by atoms with E-state index in [-0.39, 0.29) is 0 Å². The predicted molar refractivity (Wildman–Crippen MR) is 84.9 cm³/mol. The van der Waals surface area contributed by atoms with E-state index in [1.807, 2.05) is 12.3 Å². The lowest BCUT2D eigenvalue weighted by Crippen LogP contribution is -2.15. The van der Waals surface area contributed by atoms with E-state index in [0.29, 0.717) is 28.4 Å². The molecule has 3 rings (SSSR count). The first-order valence-corrected chi connectivity index (χ1v) is 7.71. The van der Waals surface area contributed by atoms with Crippen molar-refractivity contribution in [3.63, 3.8) is 0 Å². The van der Waals surface area contributed by atoms with Gasteiger partial charge in [-0.2, -0.15) is 0 Å². The van der Waals surface area contributed by atoms with Crippen molar-refractivity contribution in [1.29, 1.82) is 0 Å². The summed E-state index contributed by atoms with van der Waals surface area (Å²) in [6, 6.07) is 10.00. The second-order valence-electron chi connectivity index (χ2n) is 5.18. The minimum Gasteiger partial charge on any atom is -0.487 e. The molecule has 2 aromatic rings. The fourth-order valence-corrected chi connectivity index (χ4v) is 2.21. The number of aromatic nitrogens is 1. The van der Waals surface area contributed by atoms with Crippen molar-refractivity contribution in [2.75, 3.05) is 0 Å². The topological polar surface area (TPSA) is 34.1 Å². The van der Waals surface area contributed by atoms with Crippen LogP contribution in [0.1, 0.15) is 24.1 Å². The second kappa shape index (κ2) is 6.65. The number of ether oxygens (including phenoxy) is 1. The molecule has 0 bridgehead atoms. The van der Waals surface area contributed by atoms with Gasteiger partial charge in [-0.15, -0.1) is 0 Å². The van der Waals surface area contributed by atoms with Crippen LogP contribution in [0.15, 0.2) is 36.5 Å². The van der Waals surface area contributed by atoms with Crippen molar-refractivity contribution in [3.05, 3.63) is 57.8 Å². The van der Waals surface area contributed by atoms with Gasteiger partial charge in [-0.3, -0.25) is 4.98 Å². The number of nitrogens with zero attached hydrogens (tertiary/aromatic N) is 1. The lowest BCUT2D eigenvalue weighted by atomic mass is 10.2. The maximum atomic E-state index is 5.95. The zero-order valence-corrected chi connectivity index (χ0v) is 13.0. The molecule has 1 aromatic carbocycles. The van der Waals surface area contributed by atoms with Gasteiger partial charge < -0.3 is 10.1 Å². The van der Waals surface area contributed by atoms with Crippen LogP contribution in [0, 0.1) is 0 Å². The van der Waals surface area contributed by atoms with E-state index in [1.54, 1.807) is 18.2 Å². The molecule has 21 heavy (non-hydrogen) atoms. The Labute approximate surface area is 134 Å². The van der Waals surface area contributed by atoms with E-state index >= 15 is 0 Å². The number of halogens is 2. The van der Waals surface area contributed by atoms with Crippen molar-refractivity contribution in [3.8, 4) is 5.75 Å². The number of hydrogen-bond donors (Lipinski definition) is 1. The third-order valence-corrected chi connectivity index (χ3v) is 4.08. The fourth-order valence-electron chi connectivity index (χ4n) is 1.92. The van der Waals surface area contributed by atoms with Crippen LogP contribution >= 0.6 is 23.2 Å². The van der Waals surface area contributed by atoms with Crippen LogP contribution in [0.2, 0.25) is 10.0 Å². The molecule has 0 aliphatic heterocycles. The van der Waals surface area contributed by atoms with Gasteiger partial charge in [-0.1, -0.05) is 29.3 Å². The summed E-state index contributed by atoms with van der Waals surface area (Å²) >= 11 is 11.8. The molecule has 0 atom stereocenters. The molecule has 1 aliphatic carbocycles. The van der Waals surface area contributed by atoms with E-state index in [0.717, 1.165) is 12.2 Å². The fraction of sp³-hybridized carbons (Fsp3) is 0.312. The monoisotopic (exact) mass is 322 g/mol. The highest BCUT2D eigenvalue weighted by molar-refractivity contribution is 6.42. The molecule has 0 radical (unpaired) electrons. The summed E-state index contributed by atoms with van der Waals surface area (Å²) in [6.45, 7) is 1.29. The lowest BCUT2D eigenvalue weighted by molar-refractivity contribution is 0.301. The van der Waals surface area contributed by atoms with Gasteiger partial charge in [0.05, 0.1) is 15.7 Å². The molecule has 1 N–H and O–H groups in total. The van der Waals surface area contributed by atoms with Crippen molar-refractivity contribution in [1.82, 2.24) is 10.3 Å². The largest absolute Gasteiger partial charge is 0.487 e. The second-order valence-corrected chi connectivity index (χ2v) is 5.99. The molecule has 0 spiro atoms. The first-order valence-electron chi connectivity index (χ1n) is 6.96. The minimum atomic E-state index is 0.411. The standard InChI is InChI=1S/C16H16Cl2N2O/c17-15-6-5-14(7-16(15)18)21-10-13-2-1-11(9-20-13)8-19-12-3-4-12/h1-2,5-7,9,12,19H,3-4,8,10H2. The van der Waals surface area contributed by atoms with Gasteiger partial charge >= 0.3 is 0 Å². The first-order chi connectivity index (χ1) is 10.2. The quantitative estimate of drug-likeness (QED) is 0.864. The Bertz CT molecular complexity index is 612. The Morgan fingerprint density at radius 2 is 2.00 bits per heavy atom. The van der Waals surface area contributed by atoms with E-state index in [9.17, 15) is 0 Å². The molecule has 110 valence electrons. The van der Waals surface area contributed by atoms with Crippen LogP contribution in [0.25, 0.3) is 0 Å².